The summed E-state index contributed by atoms with van der Waals surface area (Å²) in [7, 11) is 0. The Morgan fingerprint density at radius 2 is 1.61 bits per heavy atom. The Labute approximate surface area is 165 Å². The molecule has 1 saturated heterocycles. The van der Waals surface area contributed by atoms with Crippen LogP contribution in [0.3, 0.4) is 0 Å². The molecule has 2 aromatic rings. The lowest BCUT2D eigenvalue weighted by Gasteiger charge is -2.31. The lowest BCUT2D eigenvalue weighted by Crippen LogP contribution is -2.41. The summed E-state index contributed by atoms with van der Waals surface area (Å²) in [5.41, 5.74) is 4.93. The van der Waals surface area contributed by atoms with E-state index in [4.69, 9.17) is 14.6 Å². The average molecular weight is 381 g/mol. The van der Waals surface area contributed by atoms with E-state index in [-0.39, 0.29) is 24.7 Å². The molecule has 1 amide bonds. The predicted molar refractivity (Wildman–Crippen MR) is 107 cm³/mol. The van der Waals surface area contributed by atoms with Gasteiger partial charge in [-0.2, -0.15) is 0 Å². The van der Waals surface area contributed by atoms with E-state index in [0.29, 0.717) is 32.7 Å². The van der Waals surface area contributed by atoms with Crippen molar-refractivity contribution in [2.75, 3.05) is 32.9 Å². The number of fused-ring (bicyclic) bond motifs is 3. The van der Waals surface area contributed by atoms with Gasteiger partial charge in [0, 0.05) is 32.2 Å². The van der Waals surface area contributed by atoms with Gasteiger partial charge in [-0.15, -0.1) is 0 Å². The van der Waals surface area contributed by atoms with E-state index in [2.05, 4.69) is 36.4 Å². The highest BCUT2D eigenvalue weighted by Crippen LogP contribution is 2.44. The summed E-state index contributed by atoms with van der Waals surface area (Å²) in [4.78, 5) is 14.4. The zero-order chi connectivity index (χ0) is 19.3. The van der Waals surface area contributed by atoms with Gasteiger partial charge < -0.3 is 19.5 Å². The number of carbonyl (C=O) groups is 1. The van der Waals surface area contributed by atoms with Crippen LogP contribution in [0.15, 0.2) is 48.5 Å². The molecule has 0 bridgehead atoms. The first kappa shape index (κ1) is 19.0. The Kier molecular flexibility index (Phi) is 5.93. The molecule has 0 radical (unpaired) electrons. The minimum absolute atomic E-state index is 0.0932. The van der Waals surface area contributed by atoms with Crippen LogP contribution < -0.4 is 0 Å². The van der Waals surface area contributed by atoms with E-state index in [0.717, 1.165) is 12.8 Å². The topological polar surface area (TPSA) is 59.0 Å². The average Bonchev–Trinajstić information content (AvgIpc) is 3.06. The fourth-order valence-electron chi connectivity index (χ4n) is 4.20. The van der Waals surface area contributed by atoms with Crippen molar-refractivity contribution >= 4 is 6.09 Å². The van der Waals surface area contributed by atoms with Crippen molar-refractivity contribution in [3.8, 4) is 11.1 Å². The molecule has 0 aromatic heterocycles. The molecule has 1 aliphatic carbocycles. The molecule has 1 N–H and O–H groups in total. The predicted octanol–water partition coefficient (Wildman–Crippen LogP) is 3.80. The normalized spacial score (nSPS) is 16.7. The second kappa shape index (κ2) is 8.76. The van der Waals surface area contributed by atoms with Gasteiger partial charge in [-0.05, 0) is 41.5 Å². The van der Waals surface area contributed by atoms with Crippen LogP contribution in [-0.2, 0) is 9.47 Å². The second-order valence-electron chi connectivity index (χ2n) is 7.44. The Hall–Kier alpha value is -2.37. The third-order valence-corrected chi connectivity index (χ3v) is 5.69. The molecule has 5 heteroatoms. The fraction of sp³-hybridized carbons (Fsp3) is 0.435. The van der Waals surface area contributed by atoms with Gasteiger partial charge in [0.25, 0.3) is 0 Å². The third kappa shape index (κ3) is 3.91. The van der Waals surface area contributed by atoms with Gasteiger partial charge in [-0.25, -0.2) is 4.79 Å². The lowest BCUT2D eigenvalue weighted by atomic mass is 9.98. The summed E-state index contributed by atoms with van der Waals surface area (Å²) in [6, 6.07) is 16.7. The van der Waals surface area contributed by atoms with Crippen LogP contribution in [0.1, 0.15) is 36.3 Å². The van der Waals surface area contributed by atoms with Crippen molar-refractivity contribution in [3.63, 3.8) is 0 Å². The SMILES string of the molecule is O=C(OCC1c2ccccc2-c2ccccc21)N1CCC(OCCCO)CC1. The minimum atomic E-state index is -0.240. The smallest absolute Gasteiger partial charge is 0.409 e. The van der Waals surface area contributed by atoms with Gasteiger partial charge >= 0.3 is 6.09 Å². The number of aliphatic hydroxyl groups excluding tert-OH is 1. The number of aliphatic hydroxyl groups is 1. The van der Waals surface area contributed by atoms with Crippen LogP contribution in [0.2, 0.25) is 0 Å². The quantitative estimate of drug-likeness (QED) is 0.774. The zero-order valence-electron chi connectivity index (χ0n) is 16.0. The van der Waals surface area contributed by atoms with E-state index >= 15 is 0 Å². The number of rotatable bonds is 6. The maximum Gasteiger partial charge on any atom is 0.409 e. The number of benzene rings is 2. The summed E-state index contributed by atoms with van der Waals surface area (Å²) < 4.78 is 11.5. The van der Waals surface area contributed by atoms with Crippen molar-refractivity contribution in [2.45, 2.75) is 31.3 Å². The first-order valence-electron chi connectivity index (χ1n) is 10.1. The van der Waals surface area contributed by atoms with Crippen molar-refractivity contribution < 1.29 is 19.4 Å². The number of amides is 1. The maximum atomic E-state index is 12.6. The Morgan fingerprint density at radius 3 is 2.21 bits per heavy atom. The summed E-state index contributed by atoms with van der Waals surface area (Å²) in [6.45, 7) is 2.39. The van der Waals surface area contributed by atoms with E-state index < -0.39 is 0 Å². The van der Waals surface area contributed by atoms with Gasteiger partial charge in [0.15, 0.2) is 0 Å². The highest BCUT2D eigenvalue weighted by Gasteiger charge is 2.30. The highest BCUT2D eigenvalue weighted by molar-refractivity contribution is 5.79. The summed E-state index contributed by atoms with van der Waals surface area (Å²) in [6.07, 6.45) is 2.22. The Balaban J connectivity index is 1.33. The number of hydrogen-bond acceptors (Lipinski definition) is 4. The fourth-order valence-corrected chi connectivity index (χ4v) is 4.20. The van der Waals surface area contributed by atoms with Crippen LogP contribution in [0.5, 0.6) is 0 Å². The van der Waals surface area contributed by atoms with Gasteiger partial charge in [0.05, 0.1) is 6.10 Å². The van der Waals surface area contributed by atoms with Crippen LogP contribution in [-0.4, -0.2) is 55.1 Å². The van der Waals surface area contributed by atoms with Gasteiger partial charge in [-0.1, -0.05) is 48.5 Å². The number of nitrogens with zero attached hydrogens (tertiary/aromatic N) is 1. The van der Waals surface area contributed by atoms with Crippen LogP contribution in [0.4, 0.5) is 4.79 Å². The number of likely N-dealkylation sites (tertiary alicyclic amines) is 1. The molecule has 2 aromatic carbocycles. The van der Waals surface area contributed by atoms with E-state index in [1.165, 1.54) is 22.3 Å². The molecule has 1 heterocycles. The highest BCUT2D eigenvalue weighted by atomic mass is 16.6. The van der Waals surface area contributed by atoms with Crippen LogP contribution >= 0.6 is 0 Å². The standard InChI is InChI=1S/C23H27NO4/c25-14-5-15-27-17-10-12-24(13-11-17)23(26)28-16-22-20-8-3-1-6-18(20)19-7-2-4-9-21(19)22/h1-4,6-9,17,22,25H,5,10-16H2. The number of ether oxygens (including phenoxy) is 2. The van der Waals surface area contributed by atoms with Gasteiger partial charge in [-0.3, -0.25) is 0 Å². The molecule has 0 unspecified atom stereocenters. The number of hydrogen-bond donors (Lipinski definition) is 1. The lowest BCUT2D eigenvalue weighted by molar-refractivity contribution is 0.000984. The molecule has 5 nitrogen and oxygen atoms in total. The zero-order valence-corrected chi connectivity index (χ0v) is 16.0. The minimum Gasteiger partial charge on any atom is -0.448 e. The summed E-state index contributed by atoms with van der Waals surface area (Å²) in [5, 5.41) is 8.83. The van der Waals surface area contributed by atoms with E-state index in [1.54, 1.807) is 4.90 Å². The van der Waals surface area contributed by atoms with Crippen molar-refractivity contribution in [2.24, 2.45) is 0 Å². The van der Waals surface area contributed by atoms with E-state index in [1.807, 2.05) is 12.1 Å². The largest absolute Gasteiger partial charge is 0.448 e. The first-order chi connectivity index (χ1) is 13.8. The molecule has 0 atom stereocenters. The molecule has 1 fully saturated rings. The number of piperidine rings is 1. The molecule has 4 rings (SSSR count). The molecule has 28 heavy (non-hydrogen) atoms. The molecule has 0 spiro atoms. The molecule has 1 aliphatic heterocycles. The Bertz CT molecular complexity index is 768. The second-order valence-corrected chi connectivity index (χ2v) is 7.44. The molecule has 148 valence electrons. The molecule has 2 aliphatic rings. The van der Waals surface area contributed by atoms with E-state index in [9.17, 15) is 4.79 Å². The van der Waals surface area contributed by atoms with Gasteiger partial charge in [0.2, 0.25) is 0 Å². The van der Waals surface area contributed by atoms with Gasteiger partial charge in [0.1, 0.15) is 6.61 Å². The maximum absolute atomic E-state index is 12.6. The summed E-state index contributed by atoms with van der Waals surface area (Å²) in [5.74, 6) is 0.0932. The van der Waals surface area contributed by atoms with Crippen molar-refractivity contribution in [1.82, 2.24) is 4.90 Å². The van der Waals surface area contributed by atoms with Crippen LogP contribution in [0, 0.1) is 0 Å². The number of carbonyl (C=O) groups excluding carboxylic acids is 1. The molecule has 0 saturated carbocycles. The molecular weight excluding hydrogens is 354 g/mol. The van der Waals surface area contributed by atoms with Crippen molar-refractivity contribution in [3.05, 3.63) is 59.7 Å². The molecular formula is C23H27NO4. The third-order valence-electron chi connectivity index (χ3n) is 5.69. The Morgan fingerprint density at radius 1 is 1.00 bits per heavy atom. The first-order valence-corrected chi connectivity index (χ1v) is 10.1. The van der Waals surface area contributed by atoms with Crippen molar-refractivity contribution in [1.29, 1.82) is 0 Å². The van der Waals surface area contributed by atoms with Crippen LogP contribution in [0.25, 0.3) is 11.1 Å². The summed E-state index contributed by atoms with van der Waals surface area (Å²) >= 11 is 0. The monoisotopic (exact) mass is 381 g/mol.